The molecule has 0 spiro atoms. The van der Waals surface area contributed by atoms with Gasteiger partial charge in [0.1, 0.15) is 18.1 Å². The fourth-order valence-corrected chi connectivity index (χ4v) is 1.77. The van der Waals surface area contributed by atoms with Crippen LogP contribution < -0.4 is 14.8 Å². The lowest BCUT2D eigenvalue weighted by molar-refractivity contribution is -0.126. The summed E-state index contributed by atoms with van der Waals surface area (Å²) in [7, 11) is 1.62. The second-order valence-electron chi connectivity index (χ2n) is 4.48. The Morgan fingerprint density at radius 3 is 2.58 bits per heavy atom. The number of carbonyl (C=O) groups excluding carboxylic acids is 1. The first-order chi connectivity index (χ1) is 9.28. The van der Waals surface area contributed by atoms with Crippen LogP contribution in [0.2, 0.25) is 0 Å². The van der Waals surface area contributed by atoms with E-state index in [0.29, 0.717) is 38.7 Å². The number of benzene rings is 1. The number of hydrogen-bond donors (Lipinski definition) is 1. The first-order valence-electron chi connectivity index (χ1n) is 6.39. The Labute approximate surface area is 112 Å². The Morgan fingerprint density at radius 2 is 2.00 bits per heavy atom. The Hall–Kier alpha value is -1.75. The van der Waals surface area contributed by atoms with Crippen molar-refractivity contribution in [1.29, 1.82) is 0 Å². The van der Waals surface area contributed by atoms with E-state index in [1.807, 2.05) is 24.3 Å². The zero-order valence-electron chi connectivity index (χ0n) is 11.1. The average Bonchev–Trinajstić information content (AvgIpc) is 2.40. The van der Waals surface area contributed by atoms with E-state index < -0.39 is 0 Å². The summed E-state index contributed by atoms with van der Waals surface area (Å²) in [5, 5.41) is 2.83. The summed E-state index contributed by atoms with van der Waals surface area (Å²) in [6.45, 7) is 2.38. The van der Waals surface area contributed by atoms with Gasteiger partial charge in [0, 0.05) is 12.3 Å². The monoisotopic (exact) mass is 265 g/mol. The molecule has 0 aliphatic carbocycles. The molecule has 1 aliphatic rings. The van der Waals surface area contributed by atoms with E-state index in [2.05, 4.69) is 5.32 Å². The number of carbonyl (C=O) groups is 1. The molecule has 5 nitrogen and oxygen atoms in total. The molecule has 1 heterocycles. The molecule has 1 fully saturated rings. The van der Waals surface area contributed by atoms with Gasteiger partial charge in [0.05, 0.1) is 26.9 Å². The first-order valence-corrected chi connectivity index (χ1v) is 6.39. The summed E-state index contributed by atoms with van der Waals surface area (Å²) in [6, 6.07) is 7.35. The summed E-state index contributed by atoms with van der Waals surface area (Å²) in [5.74, 6) is 2.01. The third kappa shape index (κ3) is 4.44. The van der Waals surface area contributed by atoms with Crippen LogP contribution in [0.4, 0.5) is 0 Å². The molecule has 2 rings (SSSR count). The van der Waals surface area contributed by atoms with Gasteiger partial charge in [0.2, 0.25) is 5.91 Å². The van der Waals surface area contributed by atoms with Crippen LogP contribution in [0.5, 0.6) is 11.5 Å². The van der Waals surface area contributed by atoms with Crippen molar-refractivity contribution < 1.29 is 19.0 Å². The Bertz CT molecular complexity index is 400. The zero-order chi connectivity index (χ0) is 13.5. The molecule has 0 bridgehead atoms. The lowest BCUT2D eigenvalue weighted by Crippen LogP contribution is -2.35. The van der Waals surface area contributed by atoms with Gasteiger partial charge in [-0.1, -0.05) is 0 Å². The zero-order valence-corrected chi connectivity index (χ0v) is 11.1. The molecule has 0 saturated carbocycles. The largest absolute Gasteiger partial charge is 0.497 e. The van der Waals surface area contributed by atoms with Crippen LogP contribution in [0, 0.1) is 5.92 Å². The number of amides is 1. The molecule has 1 aromatic carbocycles. The molecule has 1 aromatic rings. The fraction of sp³-hybridized carbons (Fsp3) is 0.500. The summed E-state index contributed by atoms with van der Waals surface area (Å²) in [5.41, 5.74) is 0. The topological polar surface area (TPSA) is 56.8 Å². The molecule has 0 aromatic heterocycles. The van der Waals surface area contributed by atoms with Crippen molar-refractivity contribution in [3.8, 4) is 11.5 Å². The molecule has 0 unspecified atom stereocenters. The van der Waals surface area contributed by atoms with Gasteiger partial charge in [-0.05, 0) is 24.3 Å². The number of nitrogens with one attached hydrogen (secondary N) is 1. The molecule has 0 radical (unpaired) electrons. The van der Waals surface area contributed by atoms with Crippen LogP contribution in [0.15, 0.2) is 24.3 Å². The molecule has 1 N–H and O–H groups in total. The summed E-state index contributed by atoms with van der Waals surface area (Å²) in [6.07, 6.45) is 0.544. The van der Waals surface area contributed by atoms with Crippen LogP contribution >= 0.6 is 0 Å². The van der Waals surface area contributed by atoms with Crippen molar-refractivity contribution in [3.63, 3.8) is 0 Å². The van der Waals surface area contributed by atoms with E-state index in [4.69, 9.17) is 14.2 Å². The highest BCUT2D eigenvalue weighted by atomic mass is 16.5. The lowest BCUT2D eigenvalue weighted by Gasteiger charge is -2.25. The molecular formula is C14H19NO4. The third-order valence-corrected chi connectivity index (χ3v) is 2.93. The van der Waals surface area contributed by atoms with Gasteiger partial charge in [0.25, 0.3) is 0 Å². The minimum Gasteiger partial charge on any atom is -0.497 e. The third-order valence-electron chi connectivity index (χ3n) is 2.93. The minimum absolute atomic E-state index is 0.0617. The van der Waals surface area contributed by atoms with E-state index in [9.17, 15) is 4.79 Å². The Morgan fingerprint density at radius 1 is 1.32 bits per heavy atom. The van der Waals surface area contributed by atoms with Crippen LogP contribution in [0.3, 0.4) is 0 Å². The van der Waals surface area contributed by atoms with Gasteiger partial charge >= 0.3 is 0 Å². The first kappa shape index (κ1) is 13.7. The predicted octanol–water partition coefficient (Wildman–Crippen LogP) is 1.23. The molecule has 104 valence electrons. The highest BCUT2D eigenvalue weighted by molar-refractivity contribution is 5.76. The Kier molecular flexibility index (Phi) is 5.03. The van der Waals surface area contributed by atoms with Gasteiger partial charge in [0.15, 0.2) is 0 Å². The van der Waals surface area contributed by atoms with E-state index in [0.717, 1.165) is 11.5 Å². The molecule has 1 saturated heterocycles. The summed E-state index contributed by atoms with van der Waals surface area (Å²) < 4.78 is 15.6. The standard InChI is InChI=1S/C14H19NO4/c1-17-12-2-4-13(5-3-12)19-7-6-15-14(16)8-11-9-18-10-11/h2-5,11H,6-10H2,1H3,(H,15,16). The van der Waals surface area contributed by atoms with Crippen molar-refractivity contribution in [3.05, 3.63) is 24.3 Å². The van der Waals surface area contributed by atoms with Crippen molar-refractivity contribution in [1.82, 2.24) is 5.32 Å². The molecule has 19 heavy (non-hydrogen) atoms. The molecule has 1 aliphatic heterocycles. The highest BCUT2D eigenvalue weighted by Gasteiger charge is 2.21. The van der Waals surface area contributed by atoms with Gasteiger partial charge < -0.3 is 19.5 Å². The quantitative estimate of drug-likeness (QED) is 0.753. The smallest absolute Gasteiger partial charge is 0.220 e. The minimum atomic E-state index is 0.0617. The normalized spacial score (nSPS) is 14.6. The maximum Gasteiger partial charge on any atom is 0.220 e. The van der Waals surface area contributed by atoms with Crippen molar-refractivity contribution in [2.24, 2.45) is 5.92 Å². The van der Waals surface area contributed by atoms with E-state index in [-0.39, 0.29) is 5.91 Å². The maximum atomic E-state index is 11.5. The van der Waals surface area contributed by atoms with E-state index >= 15 is 0 Å². The number of rotatable bonds is 7. The van der Waals surface area contributed by atoms with Crippen molar-refractivity contribution in [2.75, 3.05) is 33.5 Å². The highest BCUT2D eigenvalue weighted by Crippen LogP contribution is 2.16. The van der Waals surface area contributed by atoms with Crippen molar-refractivity contribution in [2.45, 2.75) is 6.42 Å². The van der Waals surface area contributed by atoms with Crippen LogP contribution in [0.25, 0.3) is 0 Å². The maximum absolute atomic E-state index is 11.5. The number of methoxy groups -OCH3 is 1. The SMILES string of the molecule is COc1ccc(OCCNC(=O)CC2COC2)cc1. The summed E-state index contributed by atoms with van der Waals surface area (Å²) >= 11 is 0. The van der Waals surface area contributed by atoms with E-state index in [1.54, 1.807) is 7.11 Å². The van der Waals surface area contributed by atoms with E-state index in [1.165, 1.54) is 0 Å². The molecule has 1 amide bonds. The molecule has 0 atom stereocenters. The van der Waals surface area contributed by atoms with Gasteiger partial charge in [-0.15, -0.1) is 0 Å². The average molecular weight is 265 g/mol. The van der Waals surface area contributed by atoms with Crippen molar-refractivity contribution >= 4 is 5.91 Å². The molecular weight excluding hydrogens is 246 g/mol. The predicted molar refractivity (Wildman–Crippen MR) is 70.4 cm³/mol. The molecule has 5 heteroatoms. The lowest BCUT2D eigenvalue weighted by atomic mass is 10.0. The van der Waals surface area contributed by atoms with Crippen LogP contribution in [-0.4, -0.2) is 39.4 Å². The Balaban J connectivity index is 1.58. The second kappa shape index (κ2) is 6.99. The second-order valence-corrected chi connectivity index (χ2v) is 4.48. The van der Waals surface area contributed by atoms with Gasteiger partial charge in [-0.25, -0.2) is 0 Å². The van der Waals surface area contributed by atoms with Gasteiger partial charge in [-0.2, -0.15) is 0 Å². The number of hydrogen-bond acceptors (Lipinski definition) is 4. The fourth-order valence-electron chi connectivity index (χ4n) is 1.77. The van der Waals surface area contributed by atoms with Gasteiger partial charge in [-0.3, -0.25) is 4.79 Å². The summed E-state index contributed by atoms with van der Waals surface area (Å²) in [4.78, 5) is 11.5. The number of ether oxygens (including phenoxy) is 3. The van der Waals surface area contributed by atoms with Crippen LogP contribution in [-0.2, 0) is 9.53 Å². The van der Waals surface area contributed by atoms with Crippen LogP contribution in [0.1, 0.15) is 6.42 Å².